The molecule has 0 aliphatic heterocycles. The fourth-order valence-electron chi connectivity index (χ4n) is 1.80. The van der Waals surface area contributed by atoms with Gasteiger partial charge in [0.25, 0.3) is 5.91 Å². The van der Waals surface area contributed by atoms with Gasteiger partial charge in [0.1, 0.15) is 0 Å². The largest absolute Gasteiger partial charge is 0.478 e. The number of nitrogens with one attached hydrogen (secondary N) is 1. The van der Waals surface area contributed by atoms with E-state index in [2.05, 4.69) is 21.2 Å². The molecule has 7 heteroatoms. The molecule has 2 aromatic carbocycles. The molecule has 6 nitrogen and oxygen atoms in total. The van der Waals surface area contributed by atoms with Gasteiger partial charge >= 0.3 is 11.9 Å². The Balaban J connectivity index is 2.39. The van der Waals surface area contributed by atoms with Crippen LogP contribution in [0.4, 0.5) is 5.69 Å². The van der Waals surface area contributed by atoms with E-state index in [1.54, 1.807) is 24.3 Å². The molecule has 2 aromatic rings. The second-order valence-corrected chi connectivity index (χ2v) is 5.16. The maximum absolute atomic E-state index is 12.2. The Morgan fingerprint density at radius 2 is 1.59 bits per heavy atom. The third-order valence-electron chi connectivity index (χ3n) is 2.86. The molecule has 0 radical (unpaired) electrons. The molecule has 0 saturated carbocycles. The number of halogens is 1. The van der Waals surface area contributed by atoms with Crippen LogP contribution in [0, 0.1) is 0 Å². The van der Waals surface area contributed by atoms with Crippen molar-refractivity contribution in [2.75, 3.05) is 5.32 Å². The van der Waals surface area contributed by atoms with Gasteiger partial charge in [-0.2, -0.15) is 0 Å². The summed E-state index contributed by atoms with van der Waals surface area (Å²) in [5, 5.41) is 20.6. The maximum Gasteiger partial charge on any atom is 0.336 e. The van der Waals surface area contributed by atoms with Gasteiger partial charge in [0, 0.05) is 4.47 Å². The maximum atomic E-state index is 12.2. The summed E-state index contributed by atoms with van der Waals surface area (Å²) >= 11 is 3.27. The summed E-state index contributed by atoms with van der Waals surface area (Å²) in [4.78, 5) is 34.4. The fraction of sp³-hybridized carbons (Fsp3) is 0. The predicted octanol–water partition coefficient (Wildman–Crippen LogP) is 3.10. The van der Waals surface area contributed by atoms with E-state index in [1.165, 1.54) is 12.1 Å². The quantitative estimate of drug-likeness (QED) is 0.774. The van der Waals surface area contributed by atoms with Crippen LogP contribution in [0.1, 0.15) is 31.1 Å². The Hall–Kier alpha value is -2.67. The normalized spacial score (nSPS) is 10.0. The zero-order valence-corrected chi connectivity index (χ0v) is 12.6. The van der Waals surface area contributed by atoms with Crippen molar-refractivity contribution in [1.82, 2.24) is 0 Å². The molecule has 0 heterocycles. The van der Waals surface area contributed by atoms with E-state index in [-0.39, 0.29) is 16.7 Å². The molecular weight excluding hydrogens is 354 g/mol. The van der Waals surface area contributed by atoms with Crippen LogP contribution in [-0.2, 0) is 0 Å². The van der Waals surface area contributed by atoms with Crippen LogP contribution < -0.4 is 5.32 Å². The first kappa shape index (κ1) is 15.7. The van der Waals surface area contributed by atoms with Crippen LogP contribution in [-0.4, -0.2) is 28.1 Å². The summed E-state index contributed by atoms with van der Waals surface area (Å²) < 4.78 is 0.641. The molecule has 0 spiro atoms. The number of carbonyl (C=O) groups is 3. The zero-order valence-electron chi connectivity index (χ0n) is 11.0. The lowest BCUT2D eigenvalue weighted by Crippen LogP contribution is -2.17. The van der Waals surface area contributed by atoms with Crippen LogP contribution in [0.15, 0.2) is 46.9 Å². The van der Waals surface area contributed by atoms with Crippen LogP contribution in [0.5, 0.6) is 0 Å². The molecule has 0 fully saturated rings. The van der Waals surface area contributed by atoms with E-state index in [9.17, 15) is 14.4 Å². The Kier molecular flexibility index (Phi) is 4.57. The first-order valence-electron chi connectivity index (χ1n) is 6.06. The minimum absolute atomic E-state index is 0.117. The molecule has 22 heavy (non-hydrogen) atoms. The average molecular weight is 364 g/mol. The van der Waals surface area contributed by atoms with Gasteiger partial charge in [-0.25, -0.2) is 9.59 Å². The summed E-state index contributed by atoms with van der Waals surface area (Å²) in [6, 6.07) is 10.2. The van der Waals surface area contributed by atoms with Gasteiger partial charge < -0.3 is 15.5 Å². The SMILES string of the molecule is O=C(O)c1ccc(C(=O)Nc2ccccc2Br)c(C(=O)O)c1. The van der Waals surface area contributed by atoms with E-state index in [0.29, 0.717) is 10.2 Å². The number of carboxylic acids is 2. The van der Waals surface area contributed by atoms with Crippen molar-refractivity contribution in [3.8, 4) is 0 Å². The van der Waals surface area contributed by atoms with E-state index in [0.717, 1.165) is 6.07 Å². The highest BCUT2D eigenvalue weighted by Crippen LogP contribution is 2.23. The summed E-state index contributed by atoms with van der Waals surface area (Å²) in [6.07, 6.45) is 0. The standard InChI is InChI=1S/C15H10BrNO5/c16-11-3-1-2-4-12(11)17-13(18)9-6-5-8(14(19)20)7-10(9)15(21)22/h1-7H,(H,17,18)(H,19,20)(H,21,22). The highest BCUT2D eigenvalue weighted by molar-refractivity contribution is 9.10. The lowest BCUT2D eigenvalue weighted by molar-refractivity contribution is 0.0692. The number of anilines is 1. The average Bonchev–Trinajstić information content (AvgIpc) is 2.48. The summed E-state index contributed by atoms with van der Waals surface area (Å²) in [6.45, 7) is 0. The smallest absolute Gasteiger partial charge is 0.336 e. The second-order valence-electron chi connectivity index (χ2n) is 4.30. The number of rotatable bonds is 4. The molecule has 1 amide bonds. The van der Waals surface area contributed by atoms with Crippen molar-refractivity contribution in [1.29, 1.82) is 0 Å². The number of para-hydroxylation sites is 1. The number of aromatic carboxylic acids is 2. The van der Waals surface area contributed by atoms with Crippen molar-refractivity contribution >= 4 is 39.5 Å². The van der Waals surface area contributed by atoms with Gasteiger partial charge in [-0.3, -0.25) is 4.79 Å². The Morgan fingerprint density at radius 1 is 0.909 bits per heavy atom. The molecule has 112 valence electrons. The molecule has 2 rings (SSSR count). The van der Waals surface area contributed by atoms with Gasteiger partial charge in [0.05, 0.1) is 22.4 Å². The minimum Gasteiger partial charge on any atom is -0.478 e. The van der Waals surface area contributed by atoms with Crippen LogP contribution in [0.2, 0.25) is 0 Å². The van der Waals surface area contributed by atoms with Crippen LogP contribution in [0.25, 0.3) is 0 Å². The summed E-state index contributed by atoms with van der Waals surface area (Å²) in [7, 11) is 0. The van der Waals surface area contributed by atoms with Gasteiger partial charge in [-0.05, 0) is 46.3 Å². The summed E-state index contributed by atoms with van der Waals surface area (Å²) in [5.41, 5.74) is -0.210. The number of carbonyl (C=O) groups excluding carboxylic acids is 1. The first-order chi connectivity index (χ1) is 10.4. The lowest BCUT2D eigenvalue weighted by Gasteiger charge is -2.10. The van der Waals surface area contributed by atoms with E-state index in [4.69, 9.17) is 10.2 Å². The molecule has 0 aromatic heterocycles. The lowest BCUT2D eigenvalue weighted by atomic mass is 10.0. The first-order valence-corrected chi connectivity index (χ1v) is 6.86. The molecule has 0 bridgehead atoms. The van der Waals surface area contributed by atoms with Crippen molar-refractivity contribution < 1.29 is 24.6 Å². The van der Waals surface area contributed by atoms with Gasteiger partial charge in [0.2, 0.25) is 0 Å². The predicted molar refractivity (Wildman–Crippen MR) is 82.5 cm³/mol. The number of amides is 1. The minimum atomic E-state index is -1.37. The Labute approximate surface area is 133 Å². The van der Waals surface area contributed by atoms with Crippen LogP contribution >= 0.6 is 15.9 Å². The van der Waals surface area contributed by atoms with E-state index in [1.807, 2.05) is 0 Å². The van der Waals surface area contributed by atoms with Crippen molar-refractivity contribution in [2.45, 2.75) is 0 Å². The fourth-order valence-corrected chi connectivity index (χ4v) is 2.19. The molecule has 0 aliphatic rings. The van der Waals surface area contributed by atoms with Gasteiger partial charge in [-0.1, -0.05) is 12.1 Å². The molecule has 0 atom stereocenters. The van der Waals surface area contributed by atoms with Crippen molar-refractivity contribution in [2.24, 2.45) is 0 Å². The van der Waals surface area contributed by atoms with Crippen LogP contribution in [0.3, 0.4) is 0 Å². The zero-order chi connectivity index (χ0) is 16.3. The number of hydrogen-bond donors (Lipinski definition) is 3. The van der Waals surface area contributed by atoms with E-state index < -0.39 is 17.8 Å². The number of carboxylic acid groups (broad SMARTS) is 2. The van der Waals surface area contributed by atoms with Crippen molar-refractivity contribution in [3.05, 3.63) is 63.6 Å². The monoisotopic (exact) mass is 363 g/mol. The number of hydrogen-bond acceptors (Lipinski definition) is 3. The highest BCUT2D eigenvalue weighted by Gasteiger charge is 2.19. The highest BCUT2D eigenvalue weighted by atomic mass is 79.9. The molecule has 0 saturated heterocycles. The van der Waals surface area contributed by atoms with E-state index >= 15 is 0 Å². The molecular formula is C15H10BrNO5. The third kappa shape index (κ3) is 3.32. The Bertz CT molecular complexity index is 772. The molecule has 0 aliphatic carbocycles. The van der Waals surface area contributed by atoms with Crippen molar-refractivity contribution in [3.63, 3.8) is 0 Å². The van der Waals surface area contributed by atoms with Gasteiger partial charge in [-0.15, -0.1) is 0 Å². The molecule has 3 N–H and O–H groups in total. The topological polar surface area (TPSA) is 104 Å². The second kappa shape index (κ2) is 6.40. The third-order valence-corrected chi connectivity index (χ3v) is 3.56. The molecule has 0 unspecified atom stereocenters. The summed E-state index contributed by atoms with van der Waals surface area (Å²) in [5.74, 6) is -3.28. The Morgan fingerprint density at radius 3 is 2.18 bits per heavy atom. The van der Waals surface area contributed by atoms with Gasteiger partial charge in [0.15, 0.2) is 0 Å². The number of benzene rings is 2.